The van der Waals surface area contributed by atoms with E-state index in [0.29, 0.717) is 5.04 Å². The Morgan fingerprint density at radius 3 is 1.56 bits per heavy atom. The van der Waals surface area contributed by atoms with Gasteiger partial charge in [-0.1, -0.05) is 85.2 Å². The molecule has 0 saturated carbocycles. The fraction of sp³-hybridized carbons (Fsp3) is 1.00. The molecule has 0 aromatic heterocycles. The van der Waals surface area contributed by atoms with Crippen molar-refractivity contribution in [3.8, 4) is 0 Å². The van der Waals surface area contributed by atoms with Crippen LogP contribution in [0.3, 0.4) is 0 Å². The van der Waals surface area contributed by atoms with E-state index in [1.807, 2.05) is 0 Å². The Balaban J connectivity index is 0. The summed E-state index contributed by atoms with van der Waals surface area (Å²) in [6.45, 7) is 12.1. The lowest BCUT2D eigenvalue weighted by Crippen LogP contribution is -2.27. The van der Waals surface area contributed by atoms with Crippen molar-refractivity contribution >= 4 is 21.2 Å². The summed E-state index contributed by atoms with van der Waals surface area (Å²) in [7, 11) is -0.496. The first-order valence-corrected chi connectivity index (χ1v) is 9.29. The van der Waals surface area contributed by atoms with Crippen molar-refractivity contribution in [3.05, 3.63) is 0 Å². The number of hydrogen-bond donors (Lipinski definition) is 0. The van der Waals surface area contributed by atoms with E-state index in [9.17, 15) is 0 Å². The molecule has 0 N–H and O–H groups in total. The Morgan fingerprint density at radius 1 is 0.812 bits per heavy atom. The van der Waals surface area contributed by atoms with Crippen LogP contribution in [-0.2, 0) is 0 Å². The fourth-order valence-corrected chi connectivity index (χ4v) is 7.03. The Kier molecular flexibility index (Phi) is 12.6. The SMILES string of the molecule is CCCC[SiH](CCCC)C(C)(C)CCC.Cl. The van der Waals surface area contributed by atoms with Gasteiger partial charge in [-0.3, -0.25) is 0 Å². The minimum absolute atomic E-state index is 0. The zero-order valence-electron chi connectivity index (χ0n) is 12.1. The molecular weight excluding hydrogens is 232 g/mol. The highest BCUT2D eigenvalue weighted by Gasteiger charge is 2.28. The lowest BCUT2D eigenvalue weighted by molar-refractivity contribution is 0.571. The van der Waals surface area contributed by atoms with Crippen LogP contribution in [0.1, 0.15) is 73.1 Å². The smallest absolute Gasteiger partial charge is 0.0426 e. The standard InChI is InChI=1S/C14H32Si.ClH/c1-6-9-12-15(13-10-7-2)14(4,5)11-8-3;/h15H,6-13H2,1-5H3;1H. The summed E-state index contributed by atoms with van der Waals surface area (Å²) in [4.78, 5) is 0. The van der Waals surface area contributed by atoms with Gasteiger partial charge in [-0.05, 0) is 5.04 Å². The van der Waals surface area contributed by atoms with Gasteiger partial charge in [0.15, 0.2) is 0 Å². The Hall–Kier alpha value is 0.507. The average Bonchev–Trinajstić information content (AvgIpc) is 2.17. The second-order valence-electron chi connectivity index (χ2n) is 5.72. The third kappa shape index (κ3) is 7.73. The number of halogens is 1. The van der Waals surface area contributed by atoms with Crippen LogP contribution in [0.15, 0.2) is 0 Å². The van der Waals surface area contributed by atoms with E-state index in [1.165, 1.54) is 38.5 Å². The molecule has 100 valence electrons. The highest BCUT2D eigenvalue weighted by molar-refractivity contribution is 6.62. The number of rotatable bonds is 9. The van der Waals surface area contributed by atoms with Gasteiger partial charge in [-0.15, -0.1) is 12.4 Å². The van der Waals surface area contributed by atoms with Crippen LogP contribution >= 0.6 is 12.4 Å². The molecule has 0 radical (unpaired) electrons. The first-order chi connectivity index (χ1) is 7.08. The summed E-state index contributed by atoms with van der Waals surface area (Å²) in [5, 5.41) is 0.707. The maximum atomic E-state index is 2.54. The van der Waals surface area contributed by atoms with Crippen LogP contribution < -0.4 is 0 Å². The minimum atomic E-state index is -0.496. The fourth-order valence-electron chi connectivity index (χ4n) is 2.68. The summed E-state index contributed by atoms with van der Waals surface area (Å²) in [5.74, 6) is 0. The van der Waals surface area contributed by atoms with E-state index in [1.54, 1.807) is 12.1 Å². The molecule has 0 amide bonds. The molecule has 0 saturated heterocycles. The maximum Gasteiger partial charge on any atom is 0.0426 e. The topological polar surface area (TPSA) is 0 Å². The molecular formula is C14H33ClSi. The van der Waals surface area contributed by atoms with Crippen LogP contribution in [0.4, 0.5) is 0 Å². The molecule has 0 rings (SSSR count). The highest BCUT2D eigenvalue weighted by Crippen LogP contribution is 2.39. The van der Waals surface area contributed by atoms with Crippen molar-refractivity contribution in [1.82, 2.24) is 0 Å². The molecule has 0 aromatic rings. The monoisotopic (exact) mass is 264 g/mol. The Morgan fingerprint density at radius 2 is 1.25 bits per heavy atom. The van der Waals surface area contributed by atoms with Crippen LogP contribution in [-0.4, -0.2) is 8.80 Å². The van der Waals surface area contributed by atoms with E-state index >= 15 is 0 Å². The normalized spacial score (nSPS) is 11.6. The lowest BCUT2D eigenvalue weighted by atomic mass is 10.1. The van der Waals surface area contributed by atoms with Crippen LogP contribution in [0, 0.1) is 0 Å². The summed E-state index contributed by atoms with van der Waals surface area (Å²) in [5.41, 5.74) is 0. The van der Waals surface area contributed by atoms with Crippen LogP contribution in [0.25, 0.3) is 0 Å². The van der Waals surface area contributed by atoms with Crippen molar-refractivity contribution in [1.29, 1.82) is 0 Å². The zero-order chi connectivity index (χ0) is 11.7. The molecule has 0 aliphatic heterocycles. The van der Waals surface area contributed by atoms with E-state index in [4.69, 9.17) is 0 Å². The maximum absolute atomic E-state index is 2.54. The van der Waals surface area contributed by atoms with Gasteiger partial charge in [-0.2, -0.15) is 0 Å². The largest absolute Gasteiger partial charge is 0.147 e. The van der Waals surface area contributed by atoms with Crippen LogP contribution in [0.2, 0.25) is 17.1 Å². The molecule has 0 spiro atoms. The van der Waals surface area contributed by atoms with Crippen molar-refractivity contribution in [2.75, 3.05) is 0 Å². The van der Waals surface area contributed by atoms with Crippen molar-refractivity contribution < 1.29 is 0 Å². The third-order valence-corrected chi connectivity index (χ3v) is 8.52. The number of unbranched alkanes of at least 4 members (excludes halogenated alkanes) is 2. The molecule has 16 heavy (non-hydrogen) atoms. The molecule has 0 bridgehead atoms. The summed E-state index contributed by atoms with van der Waals surface area (Å²) in [6.07, 6.45) is 8.56. The summed E-state index contributed by atoms with van der Waals surface area (Å²) < 4.78 is 0. The Bertz CT molecular complexity index is 138. The molecule has 0 aliphatic rings. The van der Waals surface area contributed by atoms with Crippen molar-refractivity contribution in [3.63, 3.8) is 0 Å². The molecule has 0 fully saturated rings. The summed E-state index contributed by atoms with van der Waals surface area (Å²) >= 11 is 0. The predicted octanol–water partition coefficient (Wildman–Crippen LogP) is 5.82. The van der Waals surface area contributed by atoms with E-state index < -0.39 is 8.80 Å². The van der Waals surface area contributed by atoms with Crippen molar-refractivity contribution in [2.45, 2.75) is 90.3 Å². The first-order valence-electron chi connectivity index (χ1n) is 7.08. The van der Waals surface area contributed by atoms with Crippen molar-refractivity contribution in [2.24, 2.45) is 0 Å². The van der Waals surface area contributed by atoms with Gasteiger partial charge in [-0.25, -0.2) is 0 Å². The van der Waals surface area contributed by atoms with Gasteiger partial charge < -0.3 is 0 Å². The van der Waals surface area contributed by atoms with Gasteiger partial charge in [0.25, 0.3) is 0 Å². The first kappa shape index (κ1) is 18.9. The zero-order valence-corrected chi connectivity index (χ0v) is 14.1. The quantitative estimate of drug-likeness (QED) is 0.461. The molecule has 0 nitrogen and oxygen atoms in total. The van der Waals surface area contributed by atoms with E-state index in [-0.39, 0.29) is 12.4 Å². The van der Waals surface area contributed by atoms with E-state index in [0.717, 1.165) is 0 Å². The second kappa shape index (κ2) is 10.6. The molecule has 0 heterocycles. The lowest BCUT2D eigenvalue weighted by Gasteiger charge is -2.33. The molecule has 2 heteroatoms. The molecule has 0 aromatic carbocycles. The van der Waals surface area contributed by atoms with Gasteiger partial charge in [0, 0.05) is 8.80 Å². The van der Waals surface area contributed by atoms with Crippen LogP contribution in [0.5, 0.6) is 0 Å². The Labute approximate surface area is 112 Å². The summed E-state index contributed by atoms with van der Waals surface area (Å²) in [6, 6.07) is 3.17. The number of hydrogen-bond acceptors (Lipinski definition) is 0. The highest BCUT2D eigenvalue weighted by atomic mass is 35.5. The minimum Gasteiger partial charge on any atom is -0.147 e. The molecule has 0 aliphatic carbocycles. The van der Waals surface area contributed by atoms with Gasteiger partial charge in [0.1, 0.15) is 0 Å². The predicted molar refractivity (Wildman–Crippen MR) is 82.8 cm³/mol. The third-order valence-electron chi connectivity index (χ3n) is 3.81. The molecule has 0 unspecified atom stereocenters. The average molecular weight is 265 g/mol. The second-order valence-corrected chi connectivity index (χ2v) is 9.83. The van der Waals surface area contributed by atoms with E-state index in [2.05, 4.69) is 34.6 Å². The van der Waals surface area contributed by atoms with Gasteiger partial charge in [0.2, 0.25) is 0 Å². The molecule has 0 atom stereocenters. The van der Waals surface area contributed by atoms with Gasteiger partial charge in [0.05, 0.1) is 0 Å². The van der Waals surface area contributed by atoms with Gasteiger partial charge >= 0.3 is 0 Å².